The first-order valence-electron chi connectivity index (χ1n) is 2.59. The summed E-state index contributed by atoms with van der Waals surface area (Å²) >= 11 is 0. The van der Waals surface area contributed by atoms with Gasteiger partial charge in [0.2, 0.25) is 0 Å². The van der Waals surface area contributed by atoms with Crippen LogP contribution in [0.15, 0.2) is 0 Å². The molecular formula is C4H8F2O3S. The summed E-state index contributed by atoms with van der Waals surface area (Å²) in [5.74, 6) is 0. The summed E-state index contributed by atoms with van der Waals surface area (Å²) in [7, 11) is -4.91. The summed E-state index contributed by atoms with van der Waals surface area (Å²) in [5.41, 5.74) is 0. The Bertz CT molecular complexity index is 195. The monoisotopic (exact) mass is 174 g/mol. The fourth-order valence-electron chi connectivity index (χ4n) is 0.346. The van der Waals surface area contributed by atoms with Gasteiger partial charge in [-0.25, -0.2) is 8.78 Å². The molecule has 1 N–H and O–H groups in total. The molecule has 6 heteroatoms. The van der Waals surface area contributed by atoms with E-state index in [1.165, 1.54) is 0 Å². The lowest BCUT2D eigenvalue weighted by Crippen LogP contribution is -2.34. The van der Waals surface area contributed by atoms with Gasteiger partial charge in [0.15, 0.2) is 0 Å². The van der Waals surface area contributed by atoms with Crippen LogP contribution in [0.5, 0.6) is 0 Å². The van der Waals surface area contributed by atoms with Crippen LogP contribution in [-0.4, -0.2) is 24.6 Å². The molecule has 0 saturated carbocycles. The predicted molar refractivity (Wildman–Crippen MR) is 31.7 cm³/mol. The molecule has 0 aliphatic carbocycles. The molecule has 0 rings (SSSR count). The van der Waals surface area contributed by atoms with Crippen LogP contribution in [-0.2, 0) is 10.1 Å². The van der Waals surface area contributed by atoms with E-state index >= 15 is 0 Å². The van der Waals surface area contributed by atoms with E-state index in [0.29, 0.717) is 0 Å². The summed E-state index contributed by atoms with van der Waals surface area (Å²) in [6, 6.07) is 0. The molecule has 0 aromatic rings. The van der Waals surface area contributed by atoms with E-state index in [1.807, 2.05) is 0 Å². The van der Waals surface area contributed by atoms with Gasteiger partial charge < -0.3 is 0 Å². The third-order valence-corrected chi connectivity index (χ3v) is 2.51. The highest BCUT2D eigenvalue weighted by molar-refractivity contribution is 7.87. The summed E-state index contributed by atoms with van der Waals surface area (Å²) < 4.78 is 52.4. The smallest absolute Gasteiger partial charge is 0.283 e. The first-order chi connectivity index (χ1) is 4.37. The second kappa shape index (κ2) is 2.79. The van der Waals surface area contributed by atoms with E-state index in [1.54, 1.807) is 0 Å². The fourth-order valence-corrected chi connectivity index (χ4v) is 0.849. The highest BCUT2D eigenvalue weighted by Crippen LogP contribution is 2.22. The van der Waals surface area contributed by atoms with E-state index in [2.05, 4.69) is 0 Å². The lowest BCUT2D eigenvalue weighted by atomic mass is 10.3. The van der Waals surface area contributed by atoms with E-state index in [9.17, 15) is 17.2 Å². The minimum Gasteiger partial charge on any atom is -0.283 e. The average molecular weight is 174 g/mol. The normalized spacial score (nSPS) is 18.4. The van der Waals surface area contributed by atoms with Crippen molar-refractivity contribution in [1.29, 1.82) is 0 Å². The lowest BCUT2D eigenvalue weighted by molar-refractivity contribution is 0.187. The van der Waals surface area contributed by atoms with Crippen molar-refractivity contribution in [3.8, 4) is 0 Å². The van der Waals surface area contributed by atoms with Crippen molar-refractivity contribution in [3.05, 3.63) is 0 Å². The Morgan fingerprint density at radius 2 is 2.00 bits per heavy atom. The van der Waals surface area contributed by atoms with Gasteiger partial charge in [-0.1, -0.05) is 6.92 Å². The van der Waals surface area contributed by atoms with Gasteiger partial charge in [-0.05, 0) is 6.42 Å². The summed E-state index contributed by atoms with van der Waals surface area (Å²) in [6.45, 7) is -0.588. The Hall–Kier alpha value is -0.230. The van der Waals surface area contributed by atoms with Gasteiger partial charge in [0, 0.05) is 0 Å². The molecule has 0 spiro atoms. The molecule has 0 amide bonds. The van der Waals surface area contributed by atoms with Crippen molar-refractivity contribution in [3.63, 3.8) is 0 Å². The zero-order valence-electron chi connectivity index (χ0n) is 5.34. The molecule has 0 aliphatic rings. The van der Waals surface area contributed by atoms with Gasteiger partial charge in [0.25, 0.3) is 5.00 Å². The standard InChI is InChI=1S/C4H8F2O3S/c1-2-4(6,3-5)10(7,8)9/h2-3H2,1H3,(H,7,8,9). The molecule has 10 heavy (non-hydrogen) atoms. The quantitative estimate of drug-likeness (QED) is 0.647. The predicted octanol–water partition coefficient (Wildman–Crippen LogP) is 0.920. The van der Waals surface area contributed by atoms with Crippen LogP contribution in [0.4, 0.5) is 8.78 Å². The molecule has 0 fully saturated rings. The van der Waals surface area contributed by atoms with E-state index < -0.39 is 28.2 Å². The van der Waals surface area contributed by atoms with Crippen LogP contribution in [0.3, 0.4) is 0 Å². The third kappa shape index (κ3) is 1.63. The Kier molecular flexibility index (Phi) is 2.73. The Labute approximate surface area is 57.8 Å². The lowest BCUT2D eigenvalue weighted by Gasteiger charge is -2.14. The minimum atomic E-state index is -4.91. The zero-order chi connectivity index (χ0) is 8.41. The van der Waals surface area contributed by atoms with E-state index in [0.717, 1.165) is 6.92 Å². The van der Waals surface area contributed by atoms with E-state index in [4.69, 9.17) is 4.55 Å². The second-order valence-corrected chi connectivity index (χ2v) is 3.53. The molecule has 0 bridgehead atoms. The van der Waals surface area contributed by atoms with Crippen LogP contribution >= 0.6 is 0 Å². The average Bonchev–Trinajstić information content (AvgIpc) is 1.84. The van der Waals surface area contributed by atoms with Gasteiger partial charge >= 0.3 is 10.1 Å². The second-order valence-electron chi connectivity index (χ2n) is 1.85. The van der Waals surface area contributed by atoms with Crippen LogP contribution in [0.1, 0.15) is 13.3 Å². The molecule has 62 valence electrons. The molecular weight excluding hydrogens is 166 g/mol. The number of halogens is 2. The van der Waals surface area contributed by atoms with Crippen molar-refractivity contribution in [1.82, 2.24) is 0 Å². The van der Waals surface area contributed by atoms with Gasteiger partial charge in [-0.3, -0.25) is 4.55 Å². The molecule has 3 nitrogen and oxygen atoms in total. The van der Waals surface area contributed by atoms with Gasteiger partial charge in [-0.2, -0.15) is 8.42 Å². The molecule has 0 heterocycles. The van der Waals surface area contributed by atoms with Crippen LogP contribution in [0.2, 0.25) is 0 Å². The third-order valence-electron chi connectivity index (χ3n) is 1.19. The first kappa shape index (κ1) is 9.77. The number of alkyl halides is 2. The van der Waals surface area contributed by atoms with Gasteiger partial charge in [0.1, 0.15) is 6.67 Å². The van der Waals surface area contributed by atoms with E-state index in [-0.39, 0.29) is 0 Å². The molecule has 1 unspecified atom stereocenters. The van der Waals surface area contributed by atoms with Gasteiger partial charge in [0.05, 0.1) is 0 Å². The number of hydrogen-bond donors (Lipinski definition) is 1. The van der Waals surface area contributed by atoms with Crippen LogP contribution in [0.25, 0.3) is 0 Å². The summed E-state index contributed by atoms with van der Waals surface area (Å²) in [6.07, 6.45) is -0.595. The molecule has 1 atom stereocenters. The van der Waals surface area contributed by atoms with Crippen molar-refractivity contribution in [2.24, 2.45) is 0 Å². The number of hydrogen-bond acceptors (Lipinski definition) is 2. The maximum Gasteiger partial charge on any atom is 0.303 e. The topological polar surface area (TPSA) is 54.4 Å². The Balaban J connectivity index is 4.68. The van der Waals surface area contributed by atoms with Crippen molar-refractivity contribution >= 4 is 10.1 Å². The van der Waals surface area contributed by atoms with Crippen molar-refractivity contribution < 1.29 is 21.8 Å². The molecule has 0 aromatic heterocycles. The molecule has 0 aromatic carbocycles. The largest absolute Gasteiger partial charge is 0.303 e. The van der Waals surface area contributed by atoms with Crippen LogP contribution in [0, 0.1) is 0 Å². The Morgan fingerprint density at radius 1 is 1.60 bits per heavy atom. The summed E-state index contributed by atoms with van der Waals surface area (Å²) in [4.78, 5) is 0. The SMILES string of the molecule is CCC(F)(CF)S(=O)(=O)O. The minimum absolute atomic E-state index is 0.595. The fraction of sp³-hybridized carbons (Fsp3) is 1.00. The number of rotatable bonds is 3. The molecule has 0 aliphatic heterocycles. The van der Waals surface area contributed by atoms with Gasteiger partial charge in [-0.15, -0.1) is 0 Å². The van der Waals surface area contributed by atoms with Crippen molar-refractivity contribution in [2.45, 2.75) is 18.3 Å². The molecule has 0 saturated heterocycles. The zero-order valence-corrected chi connectivity index (χ0v) is 6.16. The van der Waals surface area contributed by atoms with Crippen molar-refractivity contribution in [2.75, 3.05) is 6.67 Å². The maximum absolute atomic E-state index is 12.5. The highest BCUT2D eigenvalue weighted by Gasteiger charge is 2.41. The Morgan fingerprint density at radius 3 is 2.00 bits per heavy atom. The first-order valence-corrected chi connectivity index (χ1v) is 4.03. The maximum atomic E-state index is 12.5. The highest BCUT2D eigenvalue weighted by atomic mass is 32.2. The molecule has 0 radical (unpaired) electrons. The summed E-state index contributed by atoms with van der Waals surface area (Å²) in [5, 5.41) is -3.12. The van der Waals surface area contributed by atoms with Crippen LogP contribution < -0.4 is 0 Å².